The molecular formula is C12H15N3O2. The van der Waals surface area contributed by atoms with Crippen LogP contribution in [-0.4, -0.2) is 10.1 Å². The van der Waals surface area contributed by atoms with Crippen LogP contribution in [0.3, 0.4) is 0 Å². The van der Waals surface area contributed by atoms with Crippen molar-refractivity contribution in [2.24, 2.45) is 11.7 Å². The molecule has 2 aromatic heterocycles. The SMILES string of the molecule is NCc1ccc(-c2nc(CC3CCC3)no2)o1. The van der Waals surface area contributed by atoms with E-state index in [4.69, 9.17) is 14.7 Å². The first-order valence-electron chi connectivity index (χ1n) is 5.97. The third-order valence-corrected chi connectivity index (χ3v) is 3.24. The van der Waals surface area contributed by atoms with E-state index in [1.807, 2.05) is 12.1 Å². The van der Waals surface area contributed by atoms with E-state index in [1.165, 1.54) is 19.3 Å². The smallest absolute Gasteiger partial charge is 0.293 e. The van der Waals surface area contributed by atoms with Crippen molar-refractivity contribution >= 4 is 0 Å². The summed E-state index contributed by atoms with van der Waals surface area (Å²) in [7, 11) is 0. The molecule has 0 radical (unpaired) electrons. The molecule has 0 spiro atoms. The molecule has 5 nitrogen and oxygen atoms in total. The van der Waals surface area contributed by atoms with Gasteiger partial charge in [-0.05, 0) is 18.1 Å². The van der Waals surface area contributed by atoms with Crippen LogP contribution in [0.15, 0.2) is 21.1 Å². The molecule has 0 aromatic carbocycles. The van der Waals surface area contributed by atoms with Gasteiger partial charge in [0.05, 0.1) is 6.54 Å². The average molecular weight is 233 g/mol. The molecule has 1 saturated carbocycles. The predicted molar refractivity (Wildman–Crippen MR) is 60.9 cm³/mol. The second-order valence-electron chi connectivity index (χ2n) is 4.49. The fourth-order valence-corrected chi connectivity index (χ4v) is 1.99. The lowest BCUT2D eigenvalue weighted by Crippen LogP contribution is -2.14. The fraction of sp³-hybridized carbons (Fsp3) is 0.500. The Balaban J connectivity index is 1.74. The standard InChI is InChI=1S/C12H15N3O2/c13-7-9-4-5-10(16-9)12-14-11(15-17-12)6-8-2-1-3-8/h4-5,8H,1-3,6-7,13H2. The molecule has 0 bridgehead atoms. The van der Waals surface area contributed by atoms with Crippen LogP contribution in [0, 0.1) is 5.92 Å². The van der Waals surface area contributed by atoms with Crippen LogP contribution < -0.4 is 5.73 Å². The quantitative estimate of drug-likeness (QED) is 0.875. The maximum absolute atomic E-state index is 5.48. The molecule has 0 aliphatic heterocycles. The largest absolute Gasteiger partial charge is 0.455 e. The first-order valence-corrected chi connectivity index (χ1v) is 5.97. The maximum Gasteiger partial charge on any atom is 0.293 e. The third kappa shape index (κ3) is 2.10. The van der Waals surface area contributed by atoms with Crippen LogP contribution >= 0.6 is 0 Å². The Morgan fingerprint density at radius 3 is 2.88 bits per heavy atom. The highest BCUT2D eigenvalue weighted by Crippen LogP contribution is 2.29. The highest BCUT2D eigenvalue weighted by atomic mass is 16.5. The monoisotopic (exact) mass is 233 g/mol. The summed E-state index contributed by atoms with van der Waals surface area (Å²) < 4.78 is 10.6. The molecule has 0 unspecified atom stereocenters. The van der Waals surface area contributed by atoms with Gasteiger partial charge in [0.25, 0.3) is 5.89 Å². The Kier molecular flexibility index (Phi) is 2.68. The minimum Gasteiger partial charge on any atom is -0.455 e. The first kappa shape index (κ1) is 10.5. The van der Waals surface area contributed by atoms with Gasteiger partial charge in [0.15, 0.2) is 11.6 Å². The molecular weight excluding hydrogens is 218 g/mol. The van der Waals surface area contributed by atoms with Crippen molar-refractivity contribution in [2.75, 3.05) is 0 Å². The van der Waals surface area contributed by atoms with E-state index < -0.39 is 0 Å². The van der Waals surface area contributed by atoms with Crippen molar-refractivity contribution < 1.29 is 8.94 Å². The van der Waals surface area contributed by atoms with Gasteiger partial charge in [-0.3, -0.25) is 0 Å². The second kappa shape index (κ2) is 4.33. The highest BCUT2D eigenvalue weighted by molar-refractivity contribution is 5.44. The van der Waals surface area contributed by atoms with Crippen LogP contribution in [-0.2, 0) is 13.0 Å². The zero-order chi connectivity index (χ0) is 11.7. The minimum atomic E-state index is 0.378. The number of rotatable bonds is 4. The molecule has 0 atom stereocenters. The van der Waals surface area contributed by atoms with Gasteiger partial charge in [-0.1, -0.05) is 24.4 Å². The van der Waals surface area contributed by atoms with E-state index in [1.54, 1.807) is 0 Å². The number of nitrogens with two attached hydrogens (primary N) is 1. The maximum atomic E-state index is 5.48. The first-order chi connectivity index (χ1) is 8.35. The molecule has 90 valence electrons. The molecule has 3 rings (SSSR count). The summed E-state index contributed by atoms with van der Waals surface area (Å²) in [5.74, 6) is 3.27. The minimum absolute atomic E-state index is 0.378. The normalized spacial score (nSPS) is 16.1. The van der Waals surface area contributed by atoms with Crippen LogP contribution in [0.2, 0.25) is 0 Å². The summed E-state index contributed by atoms with van der Waals surface area (Å²) in [6, 6.07) is 3.63. The Bertz CT molecular complexity index is 499. The zero-order valence-corrected chi connectivity index (χ0v) is 9.56. The number of aromatic nitrogens is 2. The molecule has 2 heterocycles. The van der Waals surface area contributed by atoms with Crippen molar-refractivity contribution in [3.63, 3.8) is 0 Å². The Hall–Kier alpha value is -1.62. The van der Waals surface area contributed by atoms with E-state index in [2.05, 4.69) is 10.1 Å². The Morgan fingerprint density at radius 2 is 2.24 bits per heavy atom. The summed E-state index contributed by atoms with van der Waals surface area (Å²) >= 11 is 0. The molecule has 1 aliphatic rings. The van der Waals surface area contributed by atoms with Gasteiger partial charge in [-0.15, -0.1) is 0 Å². The number of hydrogen-bond acceptors (Lipinski definition) is 5. The summed E-state index contributed by atoms with van der Waals surface area (Å²) in [5.41, 5.74) is 5.48. The van der Waals surface area contributed by atoms with E-state index in [9.17, 15) is 0 Å². The lowest BCUT2D eigenvalue weighted by Gasteiger charge is -2.23. The van der Waals surface area contributed by atoms with Crippen LogP contribution in [0.1, 0.15) is 30.8 Å². The van der Waals surface area contributed by atoms with Gasteiger partial charge in [0.1, 0.15) is 5.76 Å². The molecule has 5 heteroatoms. The van der Waals surface area contributed by atoms with Crippen molar-refractivity contribution in [1.82, 2.24) is 10.1 Å². The van der Waals surface area contributed by atoms with Gasteiger partial charge in [-0.25, -0.2) is 0 Å². The van der Waals surface area contributed by atoms with Crippen molar-refractivity contribution in [2.45, 2.75) is 32.2 Å². The van der Waals surface area contributed by atoms with Gasteiger partial charge in [0, 0.05) is 6.42 Å². The average Bonchev–Trinajstić information content (AvgIpc) is 2.92. The third-order valence-electron chi connectivity index (χ3n) is 3.24. The Labute approximate surface area is 99.0 Å². The predicted octanol–water partition coefficient (Wildman–Crippen LogP) is 2.13. The topological polar surface area (TPSA) is 78.1 Å². The summed E-state index contributed by atoms with van der Waals surface area (Å²) in [5, 5.41) is 3.97. The molecule has 0 saturated heterocycles. The van der Waals surface area contributed by atoms with Gasteiger partial charge < -0.3 is 14.7 Å². The van der Waals surface area contributed by atoms with Gasteiger partial charge >= 0.3 is 0 Å². The molecule has 17 heavy (non-hydrogen) atoms. The van der Waals surface area contributed by atoms with E-state index >= 15 is 0 Å². The molecule has 2 N–H and O–H groups in total. The van der Waals surface area contributed by atoms with Gasteiger partial charge in [0.2, 0.25) is 0 Å². The molecule has 1 aliphatic carbocycles. The number of furan rings is 1. The second-order valence-corrected chi connectivity index (χ2v) is 4.49. The number of hydrogen-bond donors (Lipinski definition) is 1. The lowest BCUT2D eigenvalue weighted by atomic mass is 9.83. The van der Waals surface area contributed by atoms with E-state index in [0.717, 1.165) is 23.9 Å². The lowest BCUT2D eigenvalue weighted by molar-refractivity contribution is 0.303. The van der Waals surface area contributed by atoms with Crippen molar-refractivity contribution in [1.29, 1.82) is 0 Å². The highest BCUT2D eigenvalue weighted by Gasteiger charge is 2.21. The van der Waals surface area contributed by atoms with Crippen molar-refractivity contribution in [3.05, 3.63) is 23.7 Å². The number of nitrogens with zero attached hydrogens (tertiary/aromatic N) is 2. The fourth-order valence-electron chi connectivity index (χ4n) is 1.99. The summed E-state index contributed by atoms with van der Waals surface area (Å²) in [6.45, 7) is 0.378. The van der Waals surface area contributed by atoms with Crippen molar-refractivity contribution in [3.8, 4) is 11.7 Å². The molecule has 2 aromatic rings. The summed E-state index contributed by atoms with van der Waals surface area (Å²) in [4.78, 5) is 4.34. The Morgan fingerprint density at radius 1 is 1.35 bits per heavy atom. The van der Waals surface area contributed by atoms with Crippen LogP contribution in [0.4, 0.5) is 0 Å². The zero-order valence-electron chi connectivity index (χ0n) is 9.56. The van der Waals surface area contributed by atoms with E-state index in [-0.39, 0.29) is 0 Å². The molecule has 1 fully saturated rings. The van der Waals surface area contributed by atoms with Crippen LogP contribution in [0.5, 0.6) is 0 Å². The van der Waals surface area contributed by atoms with Gasteiger partial charge in [-0.2, -0.15) is 4.98 Å². The molecule has 0 amide bonds. The summed E-state index contributed by atoms with van der Waals surface area (Å²) in [6.07, 6.45) is 4.80. The van der Waals surface area contributed by atoms with E-state index in [0.29, 0.717) is 18.2 Å². The van der Waals surface area contributed by atoms with Crippen LogP contribution in [0.25, 0.3) is 11.7 Å².